The van der Waals surface area contributed by atoms with Gasteiger partial charge in [-0.3, -0.25) is 14.2 Å². The van der Waals surface area contributed by atoms with E-state index in [-0.39, 0.29) is 17.3 Å². The Morgan fingerprint density at radius 3 is 2.68 bits per heavy atom. The lowest BCUT2D eigenvalue weighted by Crippen LogP contribution is -2.26. The molecule has 31 heavy (non-hydrogen) atoms. The van der Waals surface area contributed by atoms with Crippen molar-refractivity contribution in [2.75, 3.05) is 5.32 Å². The summed E-state index contributed by atoms with van der Waals surface area (Å²) in [6.07, 6.45) is 0. The van der Waals surface area contributed by atoms with Crippen molar-refractivity contribution < 1.29 is 9.18 Å². The summed E-state index contributed by atoms with van der Waals surface area (Å²) in [4.78, 5) is 34.5. The van der Waals surface area contributed by atoms with Crippen LogP contribution in [0.15, 0.2) is 63.9 Å². The Morgan fingerprint density at radius 2 is 1.94 bits per heavy atom. The lowest BCUT2D eigenvalue weighted by Gasteiger charge is -2.14. The number of nitrogens with zero attached hydrogens (tertiary/aromatic N) is 3. The Kier molecular flexibility index (Phi) is 6.15. The molecule has 1 amide bonds. The highest BCUT2D eigenvalue weighted by Crippen LogP contribution is 2.27. The van der Waals surface area contributed by atoms with Gasteiger partial charge in [-0.05, 0) is 50.2 Å². The molecule has 0 radical (unpaired) electrons. The molecule has 9 heteroatoms. The van der Waals surface area contributed by atoms with Crippen LogP contribution in [0.4, 0.5) is 9.52 Å². The third-order valence-electron chi connectivity index (χ3n) is 4.67. The number of carbonyl (C=O) groups excluding carboxylic acids is 1. The van der Waals surface area contributed by atoms with Gasteiger partial charge in [-0.1, -0.05) is 23.9 Å². The van der Waals surface area contributed by atoms with Crippen molar-refractivity contribution in [1.82, 2.24) is 14.5 Å². The maximum atomic E-state index is 13.1. The van der Waals surface area contributed by atoms with E-state index in [0.717, 1.165) is 5.56 Å². The zero-order valence-electron chi connectivity index (χ0n) is 16.8. The van der Waals surface area contributed by atoms with E-state index in [1.54, 1.807) is 41.1 Å². The van der Waals surface area contributed by atoms with Gasteiger partial charge < -0.3 is 5.32 Å². The van der Waals surface area contributed by atoms with Crippen LogP contribution in [0, 0.1) is 5.82 Å². The number of benzene rings is 2. The summed E-state index contributed by atoms with van der Waals surface area (Å²) >= 11 is 2.53. The molecule has 4 aromatic rings. The molecule has 0 spiro atoms. The number of aromatic nitrogens is 3. The summed E-state index contributed by atoms with van der Waals surface area (Å²) in [7, 11) is 0. The van der Waals surface area contributed by atoms with Gasteiger partial charge in [-0.15, -0.1) is 11.3 Å². The van der Waals surface area contributed by atoms with Crippen molar-refractivity contribution in [2.24, 2.45) is 0 Å². The molecule has 0 aliphatic rings. The highest BCUT2D eigenvalue weighted by molar-refractivity contribution is 8.00. The fraction of sp³-hybridized carbons (Fsp3) is 0.182. The molecular weight excluding hydrogens is 435 g/mol. The first-order valence-electron chi connectivity index (χ1n) is 9.65. The molecule has 2 aromatic heterocycles. The number of halogens is 1. The summed E-state index contributed by atoms with van der Waals surface area (Å²) in [6.45, 7) is 4.09. The number of amides is 1. The van der Waals surface area contributed by atoms with Crippen LogP contribution < -0.4 is 10.9 Å². The fourth-order valence-corrected chi connectivity index (χ4v) is 4.71. The van der Waals surface area contributed by atoms with Gasteiger partial charge in [-0.2, -0.15) is 0 Å². The lowest BCUT2D eigenvalue weighted by molar-refractivity contribution is -0.115. The van der Waals surface area contributed by atoms with E-state index in [4.69, 9.17) is 0 Å². The molecule has 1 N–H and O–H groups in total. The topological polar surface area (TPSA) is 76.9 Å². The molecule has 0 fully saturated rings. The maximum absolute atomic E-state index is 13.1. The van der Waals surface area contributed by atoms with Crippen molar-refractivity contribution in [3.8, 4) is 11.3 Å². The average Bonchev–Trinajstić information content (AvgIpc) is 3.23. The van der Waals surface area contributed by atoms with Crippen molar-refractivity contribution in [3.63, 3.8) is 0 Å². The molecule has 0 saturated carbocycles. The number of carbonyl (C=O) groups is 1. The number of anilines is 1. The van der Waals surface area contributed by atoms with E-state index >= 15 is 0 Å². The molecule has 2 heterocycles. The van der Waals surface area contributed by atoms with Gasteiger partial charge in [0.2, 0.25) is 5.91 Å². The molecule has 4 rings (SSSR count). The number of thiazole rings is 1. The number of nitrogens with one attached hydrogen (secondary N) is 1. The highest BCUT2D eigenvalue weighted by atomic mass is 32.2. The van der Waals surface area contributed by atoms with Gasteiger partial charge in [0.25, 0.3) is 5.56 Å². The van der Waals surface area contributed by atoms with E-state index in [2.05, 4.69) is 15.3 Å². The average molecular weight is 455 g/mol. The minimum atomic E-state index is -0.496. The van der Waals surface area contributed by atoms with Crippen LogP contribution in [-0.2, 0) is 11.3 Å². The van der Waals surface area contributed by atoms with E-state index in [1.165, 1.54) is 35.2 Å². The smallest absolute Gasteiger partial charge is 0.262 e. The molecule has 0 bridgehead atoms. The van der Waals surface area contributed by atoms with E-state index < -0.39 is 5.25 Å². The standard InChI is InChI=1S/C22H19FN4O2S2/c1-3-27-20(29)16-6-4-5-7-17(16)25-22(27)31-13(2)19(28)26-21-24-18(12-30-21)14-8-10-15(23)11-9-14/h4-13H,3H2,1-2H3,(H,24,26,28). The van der Waals surface area contributed by atoms with Crippen molar-refractivity contribution >= 4 is 45.0 Å². The molecule has 2 aromatic carbocycles. The number of hydrogen-bond donors (Lipinski definition) is 1. The molecule has 158 valence electrons. The molecular formula is C22H19FN4O2S2. The minimum absolute atomic E-state index is 0.118. The summed E-state index contributed by atoms with van der Waals surface area (Å²) in [5.41, 5.74) is 1.92. The van der Waals surface area contributed by atoms with Crippen LogP contribution in [0.3, 0.4) is 0 Å². The van der Waals surface area contributed by atoms with Crippen molar-refractivity contribution in [3.05, 3.63) is 70.1 Å². The van der Waals surface area contributed by atoms with Gasteiger partial charge >= 0.3 is 0 Å². The molecule has 0 aliphatic carbocycles. The van der Waals surface area contributed by atoms with Crippen LogP contribution in [-0.4, -0.2) is 25.7 Å². The first-order valence-corrected chi connectivity index (χ1v) is 11.4. The molecule has 1 atom stereocenters. The van der Waals surface area contributed by atoms with Gasteiger partial charge in [0, 0.05) is 17.5 Å². The molecule has 1 unspecified atom stereocenters. The van der Waals surface area contributed by atoms with Crippen LogP contribution in [0.2, 0.25) is 0 Å². The van der Waals surface area contributed by atoms with Gasteiger partial charge in [0.15, 0.2) is 10.3 Å². The van der Waals surface area contributed by atoms with Gasteiger partial charge in [0.05, 0.1) is 21.8 Å². The summed E-state index contributed by atoms with van der Waals surface area (Å²) in [6, 6.07) is 13.2. The number of fused-ring (bicyclic) bond motifs is 1. The van der Waals surface area contributed by atoms with Gasteiger partial charge in [-0.25, -0.2) is 14.4 Å². The zero-order chi connectivity index (χ0) is 22.0. The SMILES string of the molecule is CCn1c(SC(C)C(=O)Nc2nc(-c3ccc(F)cc3)cs2)nc2ccccc2c1=O. The third-order valence-corrected chi connectivity index (χ3v) is 6.52. The largest absolute Gasteiger partial charge is 0.301 e. The Hall–Kier alpha value is -3.04. The monoisotopic (exact) mass is 454 g/mol. The number of para-hydroxylation sites is 1. The molecule has 0 aliphatic heterocycles. The van der Waals surface area contributed by atoms with Crippen molar-refractivity contribution in [2.45, 2.75) is 30.8 Å². The lowest BCUT2D eigenvalue weighted by atomic mass is 10.2. The van der Waals surface area contributed by atoms with Crippen LogP contribution in [0.25, 0.3) is 22.2 Å². The Morgan fingerprint density at radius 1 is 1.19 bits per heavy atom. The first-order chi connectivity index (χ1) is 15.0. The van der Waals surface area contributed by atoms with E-state index in [1.807, 2.05) is 19.1 Å². The summed E-state index contributed by atoms with van der Waals surface area (Å²) in [5, 5.41) is 5.63. The minimum Gasteiger partial charge on any atom is -0.301 e. The quantitative estimate of drug-likeness (QED) is 0.335. The first kappa shape index (κ1) is 21.2. The second kappa shape index (κ2) is 8.99. The molecule has 6 nitrogen and oxygen atoms in total. The number of rotatable bonds is 6. The summed E-state index contributed by atoms with van der Waals surface area (Å²) < 4.78 is 14.7. The van der Waals surface area contributed by atoms with Crippen LogP contribution in [0.1, 0.15) is 13.8 Å². The number of hydrogen-bond acceptors (Lipinski definition) is 6. The zero-order valence-corrected chi connectivity index (χ0v) is 18.5. The van der Waals surface area contributed by atoms with E-state index in [0.29, 0.717) is 33.4 Å². The predicted molar refractivity (Wildman–Crippen MR) is 123 cm³/mol. The molecule has 0 saturated heterocycles. The second-order valence-electron chi connectivity index (χ2n) is 6.76. The van der Waals surface area contributed by atoms with E-state index in [9.17, 15) is 14.0 Å². The second-order valence-corrected chi connectivity index (χ2v) is 8.92. The van der Waals surface area contributed by atoms with Crippen LogP contribution >= 0.6 is 23.1 Å². The van der Waals surface area contributed by atoms with Crippen molar-refractivity contribution in [1.29, 1.82) is 0 Å². The Labute approximate surface area is 186 Å². The Balaban J connectivity index is 1.51. The number of thioether (sulfide) groups is 1. The predicted octanol–water partition coefficient (Wildman–Crippen LogP) is 4.80. The fourth-order valence-electron chi connectivity index (χ4n) is 3.02. The van der Waals surface area contributed by atoms with Gasteiger partial charge in [0.1, 0.15) is 5.82 Å². The third kappa shape index (κ3) is 4.52. The highest BCUT2D eigenvalue weighted by Gasteiger charge is 2.20. The normalized spacial score (nSPS) is 12.1. The summed E-state index contributed by atoms with van der Waals surface area (Å²) in [5.74, 6) is -0.554. The van der Waals surface area contributed by atoms with Crippen LogP contribution in [0.5, 0.6) is 0 Å². The Bertz CT molecular complexity index is 1300. The maximum Gasteiger partial charge on any atom is 0.262 e.